The molecule has 6 nitrogen and oxygen atoms in total. The van der Waals surface area contributed by atoms with Crippen LogP contribution >= 0.6 is 0 Å². The zero-order valence-corrected chi connectivity index (χ0v) is 16.2. The van der Waals surface area contributed by atoms with Gasteiger partial charge in [-0.25, -0.2) is 0 Å². The normalized spacial score (nSPS) is 12.6. The number of carbonyl (C=O) groups excluding carboxylic acids is 2. The summed E-state index contributed by atoms with van der Waals surface area (Å²) in [5.74, 6) is -1.36. The molecule has 1 atom stereocenters. The molecule has 28 heavy (non-hydrogen) atoms. The van der Waals surface area contributed by atoms with Crippen molar-refractivity contribution in [3.63, 3.8) is 0 Å². The largest absolute Gasteiger partial charge is 0.481 e. The Hall–Kier alpha value is -3.15. The summed E-state index contributed by atoms with van der Waals surface area (Å²) in [6.07, 6.45) is 1.04. The van der Waals surface area contributed by atoms with E-state index < -0.39 is 11.4 Å². The second-order valence-electron chi connectivity index (χ2n) is 6.66. The summed E-state index contributed by atoms with van der Waals surface area (Å²) in [7, 11) is 1.57. The van der Waals surface area contributed by atoms with Crippen LogP contribution in [0.25, 0.3) is 0 Å². The highest BCUT2D eigenvalue weighted by Crippen LogP contribution is 2.27. The number of benzene rings is 2. The molecular weight excluding hydrogens is 356 g/mol. The standard InChI is InChI=1S/C22H26N2O4/c1-3-22(21(27)28,18-10-5-4-6-11-18)15-24-19(25)13-12-16-8-7-9-17(14-16)20(26)23-2/h4-11,14H,3,12-13,15H2,1-2H3,(H,23,26)(H,24,25)(H,27,28). The summed E-state index contributed by atoms with van der Waals surface area (Å²) >= 11 is 0. The van der Waals surface area contributed by atoms with Crippen molar-refractivity contribution in [3.05, 3.63) is 71.3 Å². The average Bonchev–Trinajstić information content (AvgIpc) is 2.73. The number of aliphatic carboxylic acids is 1. The Labute approximate surface area is 165 Å². The number of carboxylic acids is 1. The van der Waals surface area contributed by atoms with E-state index in [1.54, 1.807) is 56.4 Å². The number of hydrogen-bond donors (Lipinski definition) is 3. The summed E-state index contributed by atoms with van der Waals surface area (Å²) in [6.45, 7) is 1.83. The van der Waals surface area contributed by atoms with Crippen molar-refractivity contribution in [2.75, 3.05) is 13.6 Å². The zero-order chi connectivity index (χ0) is 20.6. The number of carbonyl (C=O) groups is 3. The van der Waals surface area contributed by atoms with Crippen LogP contribution in [0.2, 0.25) is 0 Å². The maximum atomic E-state index is 12.3. The lowest BCUT2D eigenvalue weighted by Gasteiger charge is -2.29. The van der Waals surface area contributed by atoms with Gasteiger partial charge >= 0.3 is 5.97 Å². The van der Waals surface area contributed by atoms with Crippen LogP contribution in [0.3, 0.4) is 0 Å². The third-order valence-corrected chi connectivity index (χ3v) is 4.98. The molecule has 1 unspecified atom stereocenters. The fourth-order valence-electron chi connectivity index (χ4n) is 3.15. The molecule has 0 saturated heterocycles. The number of nitrogens with one attached hydrogen (secondary N) is 2. The molecule has 148 valence electrons. The van der Waals surface area contributed by atoms with E-state index in [4.69, 9.17) is 0 Å². The first-order valence-electron chi connectivity index (χ1n) is 9.29. The molecule has 0 bridgehead atoms. The number of aryl methyl sites for hydroxylation is 1. The van der Waals surface area contributed by atoms with Gasteiger partial charge in [-0.2, -0.15) is 0 Å². The molecule has 0 aliphatic heterocycles. The Morgan fingerprint density at radius 1 is 1.04 bits per heavy atom. The molecule has 3 N–H and O–H groups in total. The van der Waals surface area contributed by atoms with Crippen LogP contribution < -0.4 is 10.6 Å². The maximum absolute atomic E-state index is 12.3. The fraction of sp³-hybridized carbons (Fsp3) is 0.318. The highest BCUT2D eigenvalue weighted by molar-refractivity contribution is 5.94. The van der Waals surface area contributed by atoms with Crippen molar-refractivity contribution in [1.29, 1.82) is 0 Å². The van der Waals surface area contributed by atoms with Gasteiger partial charge in [0.1, 0.15) is 5.41 Å². The van der Waals surface area contributed by atoms with Crippen molar-refractivity contribution in [2.45, 2.75) is 31.6 Å². The van der Waals surface area contributed by atoms with E-state index in [9.17, 15) is 19.5 Å². The predicted molar refractivity (Wildman–Crippen MR) is 107 cm³/mol. The van der Waals surface area contributed by atoms with Crippen LogP contribution in [0.15, 0.2) is 54.6 Å². The van der Waals surface area contributed by atoms with E-state index in [0.717, 1.165) is 5.56 Å². The Bertz CT molecular complexity index is 835. The van der Waals surface area contributed by atoms with Gasteiger partial charge < -0.3 is 15.7 Å². The number of amides is 2. The van der Waals surface area contributed by atoms with E-state index in [1.165, 1.54) is 0 Å². The molecule has 6 heteroatoms. The third-order valence-electron chi connectivity index (χ3n) is 4.98. The topological polar surface area (TPSA) is 95.5 Å². The van der Waals surface area contributed by atoms with Crippen molar-refractivity contribution >= 4 is 17.8 Å². The monoisotopic (exact) mass is 382 g/mol. The predicted octanol–water partition coefficient (Wildman–Crippen LogP) is 2.53. The third kappa shape index (κ3) is 4.97. The molecule has 0 radical (unpaired) electrons. The van der Waals surface area contributed by atoms with Crippen molar-refractivity contribution in [1.82, 2.24) is 10.6 Å². The van der Waals surface area contributed by atoms with Crippen LogP contribution in [0.1, 0.15) is 41.3 Å². The minimum Gasteiger partial charge on any atom is -0.481 e. The fourth-order valence-corrected chi connectivity index (χ4v) is 3.15. The summed E-state index contributed by atoms with van der Waals surface area (Å²) < 4.78 is 0. The maximum Gasteiger partial charge on any atom is 0.315 e. The molecule has 0 aliphatic carbocycles. The lowest BCUT2D eigenvalue weighted by molar-refractivity contribution is -0.144. The second-order valence-corrected chi connectivity index (χ2v) is 6.66. The van der Waals surface area contributed by atoms with Gasteiger partial charge in [-0.1, -0.05) is 49.4 Å². The van der Waals surface area contributed by atoms with Gasteiger partial charge in [-0.15, -0.1) is 0 Å². The summed E-state index contributed by atoms with van der Waals surface area (Å²) in [6, 6.07) is 16.1. The molecule has 0 spiro atoms. The summed E-state index contributed by atoms with van der Waals surface area (Å²) in [4.78, 5) is 36.0. The second kappa shape index (κ2) is 9.69. The van der Waals surface area contributed by atoms with Gasteiger partial charge in [0.2, 0.25) is 5.91 Å². The van der Waals surface area contributed by atoms with Crippen LogP contribution in [0.5, 0.6) is 0 Å². The molecular formula is C22H26N2O4. The van der Waals surface area contributed by atoms with Crippen LogP contribution in [-0.4, -0.2) is 36.5 Å². The molecule has 2 aromatic carbocycles. The van der Waals surface area contributed by atoms with Gasteiger partial charge in [0.25, 0.3) is 5.91 Å². The highest BCUT2D eigenvalue weighted by Gasteiger charge is 2.38. The molecule has 0 aromatic heterocycles. The first-order chi connectivity index (χ1) is 13.4. The Kier molecular flexibility index (Phi) is 7.32. The van der Waals surface area contributed by atoms with Gasteiger partial charge in [0.05, 0.1) is 0 Å². The summed E-state index contributed by atoms with van der Waals surface area (Å²) in [5.41, 5.74) is 0.930. The Morgan fingerprint density at radius 3 is 2.36 bits per heavy atom. The van der Waals surface area contributed by atoms with Gasteiger partial charge in [-0.05, 0) is 36.1 Å². The lowest BCUT2D eigenvalue weighted by Crippen LogP contribution is -2.46. The van der Waals surface area contributed by atoms with Gasteiger partial charge in [0, 0.05) is 25.6 Å². The van der Waals surface area contributed by atoms with E-state index in [0.29, 0.717) is 24.0 Å². The first-order valence-corrected chi connectivity index (χ1v) is 9.29. The van der Waals surface area contributed by atoms with E-state index in [2.05, 4.69) is 10.6 Å². The molecule has 0 aliphatic rings. The van der Waals surface area contributed by atoms with Crippen molar-refractivity contribution in [2.24, 2.45) is 0 Å². The van der Waals surface area contributed by atoms with E-state index >= 15 is 0 Å². The Balaban J connectivity index is 2.00. The minimum atomic E-state index is -1.16. The number of rotatable bonds is 9. The van der Waals surface area contributed by atoms with E-state index in [-0.39, 0.29) is 24.8 Å². The van der Waals surface area contributed by atoms with Crippen LogP contribution in [-0.2, 0) is 21.4 Å². The van der Waals surface area contributed by atoms with Crippen molar-refractivity contribution < 1.29 is 19.5 Å². The highest BCUT2D eigenvalue weighted by atomic mass is 16.4. The molecule has 2 aromatic rings. The zero-order valence-electron chi connectivity index (χ0n) is 16.2. The van der Waals surface area contributed by atoms with E-state index in [1.807, 2.05) is 12.1 Å². The van der Waals surface area contributed by atoms with Crippen LogP contribution in [0, 0.1) is 0 Å². The average molecular weight is 382 g/mol. The lowest BCUT2D eigenvalue weighted by atomic mass is 9.78. The van der Waals surface area contributed by atoms with Gasteiger partial charge in [0.15, 0.2) is 0 Å². The molecule has 0 fully saturated rings. The number of hydrogen-bond acceptors (Lipinski definition) is 3. The summed E-state index contributed by atoms with van der Waals surface area (Å²) in [5, 5.41) is 15.2. The smallest absolute Gasteiger partial charge is 0.315 e. The quantitative estimate of drug-likeness (QED) is 0.621. The first kappa shape index (κ1) is 21.2. The van der Waals surface area contributed by atoms with Crippen molar-refractivity contribution in [3.8, 4) is 0 Å². The molecule has 0 saturated carbocycles. The molecule has 2 rings (SSSR count). The van der Waals surface area contributed by atoms with Gasteiger partial charge in [-0.3, -0.25) is 14.4 Å². The Morgan fingerprint density at radius 2 is 1.75 bits per heavy atom. The number of carboxylic acid groups (broad SMARTS) is 1. The molecule has 0 heterocycles. The molecule has 2 amide bonds. The SMILES string of the molecule is CCC(CNC(=O)CCc1cccc(C(=O)NC)c1)(C(=O)O)c1ccccc1. The minimum absolute atomic E-state index is 0.0277. The van der Waals surface area contributed by atoms with Crippen LogP contribution in [0.4, 0.5) is 0 Å².